The normalized spacial score (nSPS) is 21.2. The number of rotatable bonds is 5. The lowest BCUT2D eigenvalue weighted by Gasteiger charge is -2.35. The summed E-state index contributed by atoms with van der Waals surface area (Å²) in [5.74, 6) is 1.51. The van der Waals surface area contributed by atoms with Crippen LogP contribution in [0, 0.1) is 18.8 Å². The highest BCUT2D eigenvalue weighted by molar-refractivity contribution is 5.91. The van der Waals surface area contributed by atoms with Crippen molar-refractivity contribution in [2.75, 3.05) is 13.1 Å². The number of carbonyl (C=O) groups is 1. The molecule has 1 amide bonds. The van der Waals surface area contributed by atoms with Crippen LogP contribution in [0.4, 0.5) is 0 Å². The van der Waals surface area contributed by atoms with Gasteiger partial charge in [-0.3, -0.25) is 9.69 Å². The molecule has 1 saturated heterocycles. The second-order valence-electron chi connectivity index (χ2n) is 7.42. The van der Waals surface area contributed by atoms with Crippen LogP contribution in [0.2, 0.25) is 0 Å². The molecule has 25 heavy (non-hydrogen) atoms. The first-order chi connectivity index (χ1) is 12.0. The van der Waals surface area contributed by atoms with E-state index in [1.165, 1.54) is 12.0 Å². The quantitative estimate of drug-likeness (QED) is 0.906. The Morgan fingerprint density at radius 3 is 2.56 bits per heavy atom. The number of hydrogen-bond acceptors (Lipinski definition) is 4. The molecule has 3 rings (SSSR count). The molecule has 0 aliphatic carbocycles. The van der Waals surface area contributed by atoms with E-state index in [0.29, 0.717) is 12.2 Å². The Balaban J connectivity index is 1.63. The van der Waals surface area contributed by atoms with E-state index < -0.39 is 0 Å². The lowest BCUT2D eigenvalue weighted by molar-refractivity contribution is 0.0913. The van der Waals surface area contributed by atoms with Crippen LogP contribution >= 0.6 is 0 Å². The third-order valence-electron chi connectivity index (χ3n) is 4.75. The highest BCUT2D eigenvalue weighted by atomic mass is 16.5. The third kappa shape index (κ3) is 4.69. The van der Waals surface area contributed by atoms with Crippen LogP contribution < -0.4 is 5.32 Å². The minimum absolute atomic E-state index is 0.226. The van der Waals surface area contributed by atoms with Crippen LogP contribution in [-0.2, 0) is 13.1 Å². The van der Waals surface area contributed by atoms with Gasteiger partial charge in [0, 0.05) is 32.2 Å². The molecule has 1 N–H and O–H groups in total. The zero-order valence-corrected chi connectivity index (χ0v) is 15.3. The SMILES string of the molecule is Cc1cc(C(=O)NCc2ccccc2CN2C[C@H](C)C[C@H](C)C2)on1. The van der Waals surface area contributed by atoms with E-state index in [1.54, 1.807) is 13.0 Å². The van der Waals surface area contributed by atoms with Gasteiger partial charge in [-0.05, 0) is 36.3 Å². The molecule has 2 atom stereocenters. The number of hydrogen-bond donors (Lipinski definition) is 1. The summed E-state index contributed by atoms with van der Waals surface area (Å²) in [5, 5.41) is 6.69. The molecule has 1 aromatic heterocycles. The standard InChI is InChI=1S/C20H27N3O2/c1-14-8-15(2)12-23(11-14)13-18-7-5-4-6-17(18)10-21-20(24)19-9-16(3)22-25-19/h4-7,9,14-15H,8,10-13H2,1-3H3,(H,21,24)/t14-,15+. The molecule has 1 fully saturated rings. The van der Waals surface area contributed by atoms with Crippen molar-refractivity contribution in [1.29, 1.82) is 0 Å². The number of likely N-dealkylation sites (tertiary alicyclic amines) is 1. The number of aromatic nitrogens is 1. The van der Waals surface area contributed by atoms with Crippen molar-refractivity contribution in [3.8, 4) is 0 Å². The van der Waals surface area contributed by atoms with Gasteiger partial charge < -0.3 is 9.84 Å². The average Bonchev–Trinajstić information content (AvgIpc) is 2.99. The lowest BCUT2D eigenvalue weighted by atomic mass is 9.91. The van der Waals surface area contributed by atoms with Gasteiger partial charge >= 0.3 is 0 Å². The van der Waals surface area contributed by atoms with Crippen LogP contribution in [0.1, 0.15) is 47.6 Å². The van der Waals surface area contributed by atoms with E-state index in [2.05, 4.69) is 47.4 Å². The Morgan fingerprint density at radius 2 is 1.92 bits per heavy atom. The maximum Gasteiger partial charge on any atom is 0.290 e. The molecule has 0 saturated carbocycles. The topological polar surface area (TPSA) is 58.4 Å². The predicted molar refractivity (Wildman–Crippen MR) is 97.1 cm³/mol. The molecular weight excluding hydrogens is 314 g/mol. The number of amides is 1. The number of benzene rings is 1. The molecule has 2 heterocycles. The Kier molecular flexibility index (Phi) is 5.53. The summed E-state index contributed by atoms with van der Waals surface area (Å²) in [5.41, 5.74) is 3.13. The summed E-state index contributed by atoms with van der Waals surface area (Å²) in [6.45, 7) is 10.2. The van der Waals surface area contributed by atoms with E-state index in [1.807, 2.05) is 6.07 Å². The third-order valence-corrected chi connectivity index (χ3v) is 4.75. The molecule has 0 spiro atoms. The minimum Gasteiger partial charge on any atom is -0.351 e. The fourth-order valence-corrected chi connectivity index (χ4v) is 3.78. The highest BCUT2D eigenvalue weighted by Gasteiger charge is 2.22. The molecule has 1 aliphatic heterocycles. The van der Waals surface area contributed by atoms with Crippen molar-refractivity contribution < 1.29 is 9.32 Å². The van der Waals surface area contributed by atoms with Gasteiger partial charge in [-0.25, -0.2) is 0 Å². The summed E-state index contributed by atoms with van der Waals surface area (Å²) in [4.78, 5) is 14.7. The fraction of sp³-hybridized carbons (Fsp3) is 0.500. The van der Waals surface area contributed by atoms with Crippen molar-refractivity contribution in [3.63, 3.8) is 0 Å². The van der Waals surface area contributed by atoms with Crippen LogP contribution in [0.25, 0.3) is 0 Å². The van der Waals surface area contributed by atoms with E-state index >= 15 is 0 Å². The number of nitrogens with one attached hydrogen (secondary N) is 1. The van der Waals surface area contributed by atoms with Crippen LogP contribution in [0.5, 0.6) is 0 Å². The van der Waals surface area contributed by atoms with Gasteiger partial charge in [0.05, 0.1) is 5.69 Å². The van der Waals surface area contributed by atoms with E-state index in [-0.39, 0.29) is 11.7 Å². The predicted octanol–water partition coefficient (Wildman–Crippen LogP) is 3.39. The number of nitrogens with zero attached hydrogens (tertiary/aromatic N) is 2. The first-order valence-electron chi connectivity index (χ1n) is 9.02. The molecule has 0 unspecified atom stereocenters. The molecule has 0 radical (unpaired) electrons. The molecule has 5 heteroatoms. The molecule has 5 nitrogen and oxygen atoms in total. The zero-order valence-electron chi connectivity index (χ0n) is 15.3. The van der Waals surface area contributed by atoms with E-state index in [9.17, 15) is 4.79 Å². The van der Waals surface area contributed by atoms with Crippen molar-refractivity contribution in [3.05, 3.63) is 52.9 Å². The van der Waals surface area contributed by atoms with Gasteiger partial charge in [0.2, 0.25) is 5.76 Å². The molecule has 0 bridgehead atoms. The maximum atomic E-state index is 12.2. The van der Waals surface area contributed by atoms with E-state index in [0.717, 1.165) is 37.0 Å². The second kappa shape index (κ2) is 7.83. The fourth-order valence-electron chi connectivity index (χ4n) is 3.78. The first-order valence-corrected chi connectivity index (χ1v) is 9.02. The minimum atomic E-state index is -0.226. The summed E-state index contributed by atoms with van der Waals surface area (Å²) in [6.07, 6.45) is 1.31. The number of carbonyl (C=O) groups excluding carboxylic acids is 1. The summed E-state index contributed by atoms with van der Waals surface area (Å²) >= 11 is 0. The maximum absolute atomic E-state index is 12.2. The number of piperidine rings is 1. The van der Waals surface area contributed by atoms with Gasteiger partial charge in [-0.2, -0.15) is 0 Å². The lowest BCUT2D eigenvalue weighted by Crippen LogP contribution is -2.38. The van der Waals surface area contributed by atoms with Gasteiger partial charge in [-0.15, -0.1) is 0 Å². The number of aryl methyl sites for hydroxylation is 1. The summed E-state index contributed by atoms with van der Waals surface area (Å²) < 4.78 is 5.02. The van der Waals surface area contributed by atoms with Crippen molar-refractivity contribution in [1.82, 2.24) is 15.4 Å². The Labute approximate surface area is 149 Å². The monoisotopic (exact) mass is 341 g/mol. The Morgan fingerprint density at radius 1 is 1.24 bits per heavy atom. The summed E-state index contributed by atoms with van der Waals surface area (Å²) in [6, 6.07) is 9.97. The molecule has 134 valence electrons. The first kappa shape index (κ1) is 17.7. The molecule has 1 aliphatic rings. The average molecular weight is 341 g/mol. The highest BCUT2D eigenvalue weighted by Crippen LogP contribution is 2.23. The van der Waals surface area contributed by atoms with Crippen LogP contribution in [0.15, 0.2) is 34.9 Å². The smallest absolute Gasteiger partial charge is 0.290 e. The van der Waals surface area contributed by atoms with Crippen LogP contribution in [-0.4, -0.2) is 29.1 Å². The van der Waals surface area contributed by atoms with E-state index in [4.69, 9.17) is 4.52 Å². The van der Waals surface area contributed by atoms with Gasteiger partial charge in [-0.1, -0.05) is 43.3 Å². The van der Waals surface area contributed by atoms with Crippen molar-refractivity contribution >= 4 is 5.91 Å². The molecular formula is C20H27N3O2. The molecule has 1 aromatic carbocycles. The Bertz CT molecular complexity index is 715. The van der Waals surface area contributed by atoms with Crippen molar-refractivity contribution in [2.24, 2.45) is 11.8 Å². The van der Waals surface area contributed by atoms with Gasteiger partial charge in [0.1, 0.15) is 0 Å². The van der Waals surface area contributed by atoms with Crippen molar-refractivity contribution in [2.45, 2.75) is 40.3 Å². The zero-order chi connectivity index (χ0) is 17.8. The Hall–Kier alpha value is -2.14. The second-order valence-corrected chi connectivity index (χ2v) is 7.42. The largest absolute Gasteiger partial charge is 0.351 e. The van der Waals surface area contributed by atoms with Gasteiger partial charge in [0.15, 0.2) is 0 Å². The molecule has 2 aromatic rings. The summed E-state index contributed by atoms with van der Waals surface area (Å²) in [7, 11) is 0. The van der Waals surface area contributed by atoms with Gasteiger partial charge in [0.25, 0.3) is 5.91 Å². The van der Waals surface area contributed by atoms with Crippen LogP contribution in [0.3, 0.4) is 0 Å².